The number of carbonyl (C=O) groups excluding carboxylic acids is 1. The number of rotatable bonds is 8. The molecule has 1 amide bonds. The molecule has 3 aromatic rings. The Morgan fingerprint density at radius 1 is 1.13 bits per heavy atom. The maximum Gasteiger partial charge on any atom is 0.219 e. The third-order valence-corrected chi connectivity index (χ3v) is 8.77. The molecule has 0 N–H and O–H groups in total. The molecule has 0 bridgehead atoms. The molecule has 0 spiro atoms. The van der Waals surface area contributed by atoms with Crippen molar-refractivity contribution >= 4 is 26.8 Å². The molecule has 1 fully saturated rings. The second-order valence-corrected chi connectivity index (χ2v) is 12.9. The summed E-state index contributed by atoms with van der Waals surface area (Å²) in [7, 11) is -3.79. The zero-order valence-corrected chi connectivity index (χ0v) is 23.4. The fourth-order valence-corrected chi connectivity index (χ4v) is 6.25. The van der Waals surface area contributed by atoms with Gasteiger partial charge in [0.05, 0.1) is 33.5 Å². The molecule has 1 aromatic heterocycles. The van der Waals surface area contributed by atoms with E-state index >= 15 is 0 Å². The van der Waals surface area contributed by atoms with Crippen molar-refractivity contribution in [1.82, 2.24) is 14.5 Å². The Morgan fingerprint density at radius 2 is 1.84 bits per heavy atom. The number of fused-ring (bicyclic) bond motifs is 1. The quantitative estimate of drug-likeness (QED) is 0.371. The van der Waals surface area contributed by atoms with E-state index in [0.717, 1.165) is 43.8 Å². The van der Waals surface area contributed by atoms with E-state index < -0.39 is 9.84 Å². The summed E-state index contributed by atoms with van der Waals surface area (Å²) in [5.41, 5.74) is 1.34. The molecule has 0 radical (unpaired) electrons. The molecule has 1 aliphatic heterocycles. The minimum atomic E-state index is -3.79. The van der Waals surface area contributed by atoms with Crippen LogP contribution in [-0.2, 0) is 26.6 Å². The third kappa shape index (κ3) is 6.02. The average molecular weight is 537 g/mol. The van der Waals surface area contributed by atoms with Crippen molar-refractivity contribution in [1.29, 1.82) is 5.26 Å². The number of likely N-dealkylation sites (tertiary alicyclic amines) is 1. The Hall–Kier alpha value is -3.38. The fourth-order valence-electron chi connectivity index (χ4n) is 4.93. The molecular formula is C29H36N4O4S. The first-order valence-corrected chi connectivity index (χ1v) is 14.6. The molecule has 1 saturated heterocycles. The second kappa shape index (κ2) is 11.2. The number of ether oxygens (including phenoxy) is 1. The topological polar surface area (TPSA) is 105 Å². The van der Waals surface area contributed by atoms with Crippen LogP contribution >= 0.6 is 0 Å². The number of carbonyl (C=O) groups is 1. The molecule has 202 valence electrons. The van der Waals surface area contributed by atoms with Gasteiger partial charge in [0, 0.05) is 38.4 Å². The number of piperidine rings is 1. The van der Waals surface area contributed by atoms with Crippen molar-refractivity contribution in [2.45, 2.75) is 75.1 Å². The molecule has 0 atom stereocenters. The molecule has 0 saturated carbocycles. The number of aromatic nitrogens is 2. The van der Waals surface area contributed by atoms with Crippen LogP contribution in [0.4, 0.5) is 0 Å². The van der Waals surface area contributed by atoms with E-state index in [1.807, 2.05) is 11.0 Å². The van der Waals surface area contributed by atoms with Gasteiger partial charge in [-0.3, -0.25) is 4.79 Å². The van der Waals surface area contributed by atoms with Gasteiger partial charge in [-0.15, -0.1) is 0 Å². The van der Waals surface area contributed by atoms with E-state index in [2.05, 4.69) is 31.4 Å². The van der Waals surface area contributed by atoms with E-state index in [4.69, 9.17) is 15.0 Å². The molecule has 4 rings (SSSR count). The van der Waals surface area contributed by atoms with Crippen LogP contribution in [0, 0.1) is 17.2 Å². The Labute approximate surface area is 225 Å². The van der Waals surface area contributed by atoms with E-state index in [0.29, 0.717) is 36.6 Å². The van der Waals surface area contributed by atoms with Gasteiger partial charge in [0.15, 0.2) is 0 Å². The fraction of sp³-hybridized carbons (Fsp3) is 0.483. The van der Waals surface area contributed by atoms with Gasteiger partial charge < -0.3 is 14.2 Å². The van der Waals surface area contributed by atoms with E-state index in [-0.39, 0.29) is 21.1 Å². The summed E-state index contributed by atoms with van der Waals surface area (Å²) in [5, 5.41) is 8.68. The predicted molar refractivity (Wildman–Crippen MR) is 146 cm³/mol. The average Bonchev–Trinajstić information content (AvgIpc) is 3.25. The number of hydrogen-bond acceptors (Lipinski definition) is 6. The van der Waals surface area contributed by atoms with Crippen molar-refractivity contribution in [3.8, 4) is 11.8 Å². The number of nitrogens with zero attached hydrogens (tertiary/aromatic N) is 4. The largest absolute Gasteiger partial charge is 0.494 e. The Morgan fingerprint density at radius 3 is 2.50 bits per heavy atom. The monoisotopic (exact) mass is 536 g/mol. The third-order valence-electron chi connectivity index (χ3n) is 7.02. The predicted octanol–water partition coefficient (Wildman–Crippen LogP) is 5.11. The van der Waals surface area contributed by atoms with Crippen molar-refractivity contribution in [3.63, 3.8) is 0 Å². The van der Waals surface area contributed by atoms with Crippen LogP contribution in [-0.4, -0.2) is 48.5 Å². The van der Waals surface area contributed by atoms with Crippen LogP contribution in [0.5, 0.6) is 5.75 Å². The second-order valence-electron chi connectivity index (χ2n) is 11.0. The normalized spacial score (nSPS) is 15.0. The van der Waals surface area contributed by atoms with Gasteiger partial charge in [0.25, 0.3) is 0 Å². The van der Waals surface area contributed by atoms with Crippen LogP contribution < -0.4 is 4.74 Å². The van der Waals surface area contributed by atoms with Crippen LogP contribution in [0.15, 0.2) is 52.3 Å². The van der Waals surface area contributed by atoms with Gasteiger partial charge in [-0.25, -0.2) is 13.4 Å². The summed E-state index contributed by atoms with van der Waals surface area (Å²) in [5.74, 6) is 1.92. The van der Waals surface area contributed by atoms with Gasteiger partial charge in [-0.1, -0.05) is 26.8 Å². The summed E-state index contributed by atoms with van der Waals surface area (Å²) in [6, 6.07) is 13.7. The van der Waals surface area contributed by atoms with Gasteiger partial charge in [0.2, 0.25) is 15.7 Å². The lowest BCUT2D eigenvalue weighted by molar-refractivity contribution is -0.130. The molecule has 1 aliphatic rings. The van der Waals surface area contributed by atoms with E-state index in [1.165, 1.54) is 6.07 Å². The first-order chi connectivity index (χ1) is 18.0. The van der Waals surface area contributed by atoms with Crippen molar-refractivity contribution in [2.24, 2.45) is 5.92 Å². The minimum Gasteiger partial charge on any atom is -0.494 e. The van der Waals surface area contributed by atoms with Crippen molar-refractivity contribution in [2.75, 3.05) is 19.7 Å². The van der Waals surface area contributed by atoms with E-state index in [1.54, 1.807) is 37.3 Å². The van der Waals surface area contributed by atoms with Crippen LogP contribution in [0.2, 0.25) is 0 Å². The number of hydrogen-bond donors (Lipinski definition) is 0. The molecule has 2 aromatic carbocycles. The number of nitriles is 1. The lowest BCUT2D eigenvalue weighted by atomic mass is 9.93. The van der Waals surface area contributed by atoms with Gasteiger partial charge in [-0.2, -0.15) is 5.26 Å². The van der Waals surface area contributed by atoms with Crippen molar-refractivity contribution in [3.05, 3.63) is 48.3 Å². The SMILES string of the molecule is CC(=O)N1CCC(Cn2c(C(C)(C)C)nc3cc(S(=O)(=O)c4cccc(OCCCC#N)c4)ccc32)CC1. The van der Waals surface area contributed by atoms with Gasteiger partial charge in [-0.05, 0) is 61.6 Å². The Kier molecular flexibility index (Phi) is 8.12. The summed E-state index contributed by atoms with van der Waals surface area (Å²) < 4.78 is 34.9. The molecule has 8 nitrogen and oxygen atoms in total. The first kappa shape index (κ1) is 27.6. The highest BCUT2D eigenvalue weighted by molar-refractivity contribution is 7.91. The van der Waals surface area contributed by atoms with E-state index in [9.17, 15) is 13.2 Å². The number of benzene rings is 2. The van der Waals surface area contributed by atoms with Gasteiger partial charge in [0.1, 0.15) is 11.6 Å². The standard InChI is InChI=1S/C29H36N4O4S/c1-21(34)32-15-12-22(13-16-32)20-33-27-11-10-25(19-26(27)31-28(33)29(2,3)4)38(35,36)24-9-7-8-23(18-24)37-17-6-5-14-30/h7-11,18-19,22H,5-6,12-13,15-17,20H2,1-4H3. The zero-order chi connectivity index (χ0) is 27.5. The number of sulfone groups is 1. The first-order valence-electron chi connectivity index (χ1n) is 13.1. The lowest BCUT2D eigenvalue weighted by Gasteiger charge is -2.32. The smallest absolute Gasteiger partial charge is 0.219 e. The van der Waals surface area contributed by atoms with Gasteiger partial charge >= 0.3 is 0 Å². The molecule has 38 heavy (non-hydrogen) atoms. The zero-order valence-electron chi connectivity index (χ0n) is 22.6. The summed E-state index contributed by atoms with van der Waals surface area (Å²) >= 11 is 0. The highest BCUT2D eigenvalue weighted by Crippen LogP contribution is 2.32. The van der Waals surface area contributed by atoms with Crippen LogP contribution in [0.3, 0.4) is 0 Å². The maximum absolute atomic E-state index is 13.5. The Balaban J connectivity index is 1.63. The highest BCUT2D eigenvalue weighted by Gasteiger charge is 2.28. The molecular weight excluding hydrogens is 500 g/mol. The van der Waals surface area contributed by atoms with Crippen molar-refractivity contribution < 1.29 is 17.9 Å². The minimum absolute atomic E-state index is 0.122. The van der Waals surface area contributed by atoms with Crippen LogP contribution in [0.25, 0.3) is 11.0 Å². The molecule has 9 heteroatoms. The maximum atomic E-state index is 13.5. The number of unbranched alkanes of at least 4 members (excludes halogenated alkanes) is 1. The molecule has 0 aliphatic carbocycles. The molecule has 2 heterocycles. The number of amides is 1. The summed E-state index contributed by atoms with van der Waals surface area (Å²) in [4.78, 5) is 18.9. The summed E-state index contributed by atoms with van der Waals surface area (Å²) in [6.45, 7) is 10.6. The highest BCUT2D eigenvalue weighted by atomic mass is 32.2. The lowest BCUT2D eigenvalue weighted by Crippen LogP contribution is -2.38. The molecule has 0 unspecified atom stereocenters. The van der Waals surface area contributed by atoms with Crippen LogP contribution in [0.1, 0.15) is 59.2 Å². The number of imidazole rings is 1. The Bertz CT molecular complexity index is 1460. The summed E-state index contributed by atoms with van der Waals surface area (Å²) in [6.07, 6.45) is 2.84.